The summed E-state index contributed by atoms with van der Waals surface area (Å²) in [6.07, 6.45) is 26.8. The van der Waals surface area contributed by atoms with E-state index < -0.39 is 5.91 Å². The number of carbonyl (C=O) groups excluding carboxylic acids is 1. The fraction of sp³-hybridized carbons (Fsp3) is 0.943. The van der Waals surface area contributed by atoms with Gasteiger partial charge in [-0.3, -0.25) is 42.5 Å². The van der Waals surface area contributed by atoms with Gasteiger partial charge in [-0.05, 0) is 86.4 Å². The van der Waals surface area contributed by atoms with Gasteiger partial charge < -0.3 is 16.9 Å². The van der Waals surface area contributed by atoms with Crippen molar-refractivity contribution in [3.05, 3.63) is 12.2 Å². The molecule has 4 saturated carbocycles. The van der Waals surface area contributed by atoms with Crippen LogP contribution in [0.15, 0.2) is 0 Å². The van der Waals surface area contributed by atoms with Gasteiger partial charge >= 0.3 is 17.1 Å². The van der Waals surface area contributed by atoms with Crippen LogP contribution in [0.1, 0.15) is 110 Å². The van der Waals surface area contributed by atoms with Crippen LogP contribution < -0.4 is 42.5 Å². The van der Waals surface area contributed by atoms with Gasteiger partial charge in [-0.1, -0.05) is 58.3 Å². The molecule has 4 aliphatic carbocycles. The summed E-state index contributed by atoms with van der Waals surface area (Å²) < 4.78 is 0. The summed E-state index contributed by atoms with van der Waals surface area (Å²) in [7, 11) is 0. The van der Waals surface area contributed by atoms with E-state index in [1.807, 2.05) is 0 Å². The fourth-order valence-electron chi connectivity index (χ4n) is 11.7. The molecule has 9 N–H and O–H groups in total. The van der Waals surface area contributed by atoms with E-state index in [1.54, 1.807) is 6.92 Å². The van der Waals surface area contributed by atoms with Crippen molar-refractivity contribution in [2.45, 2.75) is 159 Å². The summed E-state index contributed by atoms with van der Waals surface area (Å²) in [4.78, 5) is 9.48. The molecule has 5 heterocycles. The molecule has 5 saturated heterocycles. The molecule has 0 aromatic rings. The summed E-state index contributed by atoms with van der Waals surface area (Å²) in [5.74, 6) is 5.24. The first-order valence-corrected chi connectivity index (χ1v) is 19.2. The van der Waals surface area contributed by atoms with Gasteiger partial charge in [0.2, 0.25) is 0 Å². The second kappa shape index (κ2) is 14.9. The summed E-state index contributed by atoms with van der Waals surface area (Å²) >= 11 is 0. The zero-order chi connectivity index (χ0) is 30.5. The number of amides is 1. The van der Waals surface area contributed by atoms with Crippen molar-refractivity contribution in [2.75, 3.05) is 0 Å². The smallest absolute Gasteiger partial charge is 0.668 e. The van der Waals surface area contributed by atoms with Crippen molar-refractivity contribution >= 4 is 5.91 Å². The number of fused-ring (bicyclic) bond motifs is 20. The fourth-order valence-corrected chi connectivity index (χ4v) is 11.7. The molecule has 5 aliphatic heterocycles. The zero-order valence-electron chi connectivity index (χ0n) is 27.8. The van der Waals surface area contributed by atoms with E-state index in [4.69, 9.17) is 5.73 Å². The maximum Gasteiger partial charge on any atom is 2.00 e. The molecular weight excluding hydrogens is 626 g/mol. The SMILES string of the molecule is CCC([NH-])=O.[CH-]1CCCC2C3NC(NC4NC(NC5NC(NC6NC(N3)C3CCCCC63)C3CCCCC53)C3CCCCC43)C12.[Cu+2]. The minimum Gasteiger partial charge on any atom is -0.668 e. The van der Waals surface area contributed by atoms with Crippen LogP contribution in [0.2, 0.25) is 0 Å². The van der Waals surface area contributed by atoms with E-state index in [1.165, 1.54) is 96.3 Å². The second-order valence-electron chi connectivity index (χ2n) is 16.2. The predicted octanol–water partition coefficient (Wildman–Crippen LogP) is 3.39. The Morgan fingerprint density at radius 1 is 0.500 bits per heavy atom. The molecule has 11 heteroatoms. The van der Waals surface area contributed by atoms with Crippen molar-refractivity contribution in [2.24, 2.45) is 47.3 Å². The van der Waals surface area contributed by atoms with Gasteiger partial charge in [-0.25, -0.2) is 0 Å². The Bertz CT molecular complexity index is 830. The molecule has 0 aromatic carbocycles. The molecule has 8 bridgehead atoms. The molecule has 16 atom stereocenters. The molecule has 10 nitrogen and oxygen atoms in total. The molecule has 16 unspecified atom stereocenters. The molecule has 0 aromatic heterocycles. The third-order valence-electron chi connectivity index (χ3n) is 13.9. The van der Waals surface area contributed by atoms with E-state index in [0.717, 1.165) is 35.5 Å². The molecule has 9 aliphatic rings. The second-order valence-corrected chi connectivity index (χ2v) is 16.2. The number of rotatable bonds is 1. The Hall–Kier alpha value is -0.331. The van der Waals surface area contributed by atoms with Gasteiger partial charge in [-0.15, -0.1) is 5.92 Å². The Morgan fingerprint density at radius 3 is 1.07 bits per heavy atom. The van der Waals surface area contributed by atoms with E-state index in [9.17, 15) is 4.79 Å². The molecule has 1 radical (unpaired) electrons. The maximum atomic E-state index is 9.48. The first-order valence-electron chi connectivity index (χ1n) is 19.2. The normalized spacial score (nSPS) is 50.9. The molecule has 9 fully saturated rings. The van der Waals surface area contributed by atoms with Gasteiger partial charge in [0.05, 0.1) is 43.2 Å². The molecular formula is C35H61CuN9O. The van der Waals surface area contributed by atoms with Crippen molar-refractivity contribution in [1.82, 2.24) is 42.5 Å². The monoisotopic (exact) mass is 686 g/mol. The first kappa shape index (κ1) is 34.1. The standard InChI is InChI=1S/C32H55N8.C3H7NO.Cu/c1-2-10-18-17(9-1)25-33-26(18)38-28-21-13-5-6-14-22(21)30(35-28)40-32-24-16-8-7-15-23(24)31(36-32)39-29-20-12-4-3-11-19(20)27(34-29)37-25;1-2-3(4)5;/h9,17-40H,1-8,10-16H2;2H2,1H3,(H2,4,5);/q-1;;+2/p-1. The predicted molar refractivity (Wildman–Crippen MR) is 176 cm³/mol. The summed E-state index contributed by atoms with van der Waals surface area (Å²) in [6.45, 7) is 1.66. The van der Waals surface area contributed by atoms with Crippen LogP contribution in [0.4, 0.5) is 0 Å². The summed E-state index contributed by atoms with van der Waals surface area (Å²) in [5.41, 5.74) is 6.19. The molecule has 1 amide bonds. The van der Waals surface area contributed by atoms with Gasteiger partial charge in [-0.2, -0.15) is 6.42 Å². The van der Waals surface area contributed by atoms with Gasteiger partial charge in [0.15, 0.2) is 0 Å². The minimum atomic E-state index is -0.495. The minimum absolute atomic E-state index is 0. The van der Waals surface area contributed by atoms with Crippen molar-refractivity contribution in [3.63, 3.8) is 0 Å². The average Bonchev–Trinajstić information content (AvgIpc) is 3.81. The van der Waals surface area contributed by atoms with Crippen molar-refractivity contribution in [1.29, 1.82) is 0 Å². The third-order valence-corrected chi connectivity index (χ3v) is 13.9. The van der Waals surface area contributed by atoms with Crippen LogP contribution in [-0.2, 0) is 21.9 Å². The Kier molecular flexibility index (Phi) is 11.0. The summed E-state index contributed by atoms with van der Waals surface area (Å²) in [5, 5.41) is 33.7. The molecule has 46 heavy (non-hydrogen) atoms. The largest absolute Gasteiger partial charge is 2.00 e. The van der Waals surface area contributed by atoms with Gasteiger partial charge in [0, 0.05) is 12.1 Å². The zero-order valence-corrected chi connectivity index (χ0v) is 28.8. The van der Waals surface area contributed by atoms with Crippen LogP contribution in [0.3, 0.4) is 0 Å². The summed E-state index contributed by atoms with van der Waals surface area (Å²) in [6, 6.07) is 0. The van der Waals surface area contributed by atoms with E-state index in [-0.39, 0.29) is 17.1 Å². The first-order chi connectivity index (χ1) is 22.1. The van der Waals surface area contributed by atoms with Gasteiger partial charge in [0.1, 0.15) is 0 Å². The Labute approximate surface area is 288 Å². The molecule has 263 valence electrons. The van der Waals surface area contributed by atoms with E-state index in [0.29, 0.717) is 67.6 Å². The molecule has 9 rings (SSSR count). The third kappa shape index (κ3) is 6.61. The van der Waals surface area contributed by atoms with E-state index >= 15 is 0 Å². The number of hydrogen-bond acceptors (Lipinski definition) is 9. The molecule has 0 spiro atoms. The number of carbonyl (C=O) groups is 1. The number of hydrogen-bond donors (Lipinski definition) is 8. The quantitative estimate of drug-likeness (QED) is 0.154. The van der Waals surface area contributed by atoms with Gasteiger partial charge in [0.25, 0.3) is 0 Å². The van der Waals surface area contributed by atoms with Crippen molar-refractivity contribution < 1.29 is 21.9 Å². The number of nitrogens with one attached hydrogen (secondary N) is 9. The Balaban J connectivity index is 0.000000526. The van der Waals surface area contributed by atoms with Crippen LogP contribution in [0.5, 0.6) is 0 Å². The average molecular weight is 687 g/mol. The van der Waals surface area contributed by atoms with Crippen LogP contribution >= 0.6 is 0 Å². The Morgan fingerprint density at radius 2 is 0.761 bits per heavy atom. The van der Waals surface area contributed by atoms with Crippen LogP contribution in [0.25, 0.3) is 5.73 Å². The van der Waals surface area contributed by atoms with E-state index in [2.05, 4.69) is 49.0 Å². The van der Waals surface area contributed by atoms with Crippen LogP contribution in [0, 0.1) is 53.8 Å². The van der Waals surface area contributed by atoms with Crippen molar-refractivity contribution in [3.8, 4) is 0 Å². The van der Waals surface area contributed by atoms with Crippen LogP contribution in [-0.4, -0.2) is 55.2 Å². The maximum absolute atomic E-state index is 9.48. The topological polar surface area (TPSA) is 137 Å².